The van der Waals surface area contributed by atoms with Crippen LogP contribution >= 0.6 is 0 Å². The smallest absolute Gasteiger partial charge is 0.241 e. The average molecular weight is 451 g/mol. The molecule has 1 aliphatic rings. The van der Waals surface area contributed by atoms with E-state index in [1.807, 2.05) is 55.5 Å². The molecule has 1 fully saturated rings. The van der Waals surface area contributed by atoms with E-state index < -0.39 is 0 Å². The van der Waals surface area contributed by atoms with Crippen molar-refractivity contribution in [2.75, 3.05) is 27.3 Å². The normalized spacial score (nSPS) is 15.7. The summed E-state index contributed by atoms with van der Waals surface area (Å²) in [6.07, 6.45) is 1.61. The summed E-state index contributed by atoms with van der Waals surface area (Å²) in [7, 11) is 3.28. The predicted molar refractivity (Wildman–Crippen MR) is 124 cm³/mol. The molecular weight excluding hydrogens is 420 g/mol. The Morgan fingerprint density at radius 3 is 2.27 bits per heavy atom. The van der Waals surface area contributed by atoms with Crippen LogP contribution in [0.5, 0.6) is 11.5 Å². The summed E-state index contributed by atoms with van der Waals surface area (Å²) in [4.78, 5) is 19.5. The summed E-state index contributed by atoms with van der Waals surface area (Å²) < 4.78 is 15.8. The van der Waals surface area contributed by atoms with Crippen LogP contribution in [0, 0.1) is 5.92 Å². The Kier molecular flexibility index (Phi) is 7.24. The number of aromatic nitrogens is 2. The van der Waals surface area contributed by atoms with E-state index in [-0.39, 0.29) is 17.9 Å². The van der Waals surface area contributed by atoms with Crippen molar-refractivity contribution < 1.29 is 18.8 Å². The lowest BCUT2D eigenvalue weighted by Gasteiger charge is -2.30. The molecule has 1 amide bonds. The number of ether oxygens (including phenoxy) is 2. The zero-order valence-electron chi connectivity index (χ0n) is 19.3. The van der Waals surface area contributed by atoms with Crippen LogP contribution in [0.15, 0.2) is 53.1 Å². The van der Waals surface area contributed by atoms with Crippen LogP contribution in [0.25, 0.3) is 11.4 Å². The first kappa shape index (κ1) is 22.8. The Balaban J connectivity index is 1.25. The van der Waals surface area contributed by atoms with Gasteiger partial charge in [-0.05, 0) is 74.8 Å². The minimum Gasteiger partial charge on any atom is -0.497 e. The number of piperidine rings is 1. The molecule has 3 aromatic rings. The van der Waals surface area contributed by atoms with Gasteiger partial charge in [0.15, 0.2) is 0 Å². The van der Waals surface area contributed by atoms with Gasteiger partial charge in [-0.25, -0.2) is 0 Å². The van der Waals surface area contributed by atoms with E-state index in [9.17, 15) is 4.79 Å². The number of hydrogen-bond acceptors (Lipinski definition) is 7. The van der Waals surface area contributed by atoms with Gasteiger partial charge in [0.2, 0.25) is 17.6 Å². The van der Waals surface area contributed by atoms with Crippen LogP contribution in [-0.4, -0.2) is 48.3 Å². The van der Waals surface area contributed by atoms with Crippen molar-refractivity contribution in [3.8, 4) is 22.9 Å². The van der Waals surface area contributed by atoms with E-state index in [1.54, 1.807) is 14.2 Å². The highest BCUT2D eigenvalue weighted by Crippen LogP contribution is 2.23. The average Bonchev–Trinajstić information content (AvgIpc) is 3.33. The third kappa shape index (κ3) is 5.70. The number of nitrogens with zero attached hydrogens (tertiary/aromatic N) is 3. The molecule has 0 bridgehead atoms. The maximum absolute atomic E-state index is 12.8. The van der Waals surface area contributed by atoms with Gasteiger partial charge in [-0.3, -0.25) is 9.69 Å². The van der Waals surface area contributed by atoms with Crippen molar-refractivity contribution in [1.82, 2.24) is 20.4 Å². The van der Waals surface area contributed by atoms with Crippen molar-refractivity contribution in [3.05, 3.63) is 60.0 Å². The standard InChI is InChI=1S/C25H30N4O4/c1-17(18-4-8-21(31-2)9-5-18)26-25(30)20-12-14-29(15-13-20)16-23-27-24(28-33-23)19-6-10-22(32-3)11-7-19/h4-11,17,20H,12-16H2,1-3H3,(H,26,30). The first-order chi connectivity index (χ1) is 16.1. The summed E-state index contributed by atoms with van der Waals surface area (Å²) in [5, 5.41) is 7.25. The van der Waals surface area contributed by atoms with Crippen molar-refractivity contribution in [2.24, 2.45) is 5.92 Å². The third-order valence-corrected chi connectivity index (χ3v) is 6.11. The van der Waals surface area contributed by atoms with Gasteiger partial charge in [0.05, 0.1) is 26.8 Å². The summed E-state index contributed by atoms with van der Waals surface area (Å²) in [6.45, 7) is 4.22. The summed E-state index contributed by atoms with van der Waals surface area (Å²) in [5.41, 5.74) is 1.94. The van der Waals surface area contributed by atoms with Gasteiger partial charge < -0.3 is 19.3 Å². The molecule has 174 valence electrons. The fourth-order valence-corrected chi connectivity index (χ4v) is 4.03. The fraction of sp³-hybridized carbons (Fsp3) is 0.400. The monoisotopic (exact) mass is 450 g/mol. The van der Waals surface area contributed by atoms with E-state index in [2.05, 4.69) is 20.4 Å². The number of rotatable bonds is 8. The molecule has 2 aromatic carbocycles. The minimum absolute atomic E-state index is 0.0134. The lowest BCUT2D eigenvalue weighted by molar-refractivity contribution is -0.127. The van der Waals surface area contributed by atoms with Gasteiger partial charge in [0.25, 0.3) is 0 Å². The summed E-state index contributed by atoms with van der Waals surface area (Å²) in [6, 6.07) is 15.3. The summed E-state index contributed by atoms with van der Waals surface area (Å²) >= 11 is 0. The number of benzene rings is 2. The largest absolute Gasteiger partial charge is 0.497 e. The molecular formula is C25H30N4O4. The molecule has 0 saturated carbocycles. The molecule has 1 unspecified atom stereocenters. The van der Waals surface area contributed by atoms with E-state index in [0.29, 0.717) is 18.3 Å². The van der Waals surface area contributed by atoms with Gasteiger partial charge in [-0.2, -0.15) is 4.98 Å². The quantitative estimate of drug-likeness (QED) is 0.558. The topological polar surface area (TPSA) is 89.7 Å². The molecule has 1 saturated heterocycles. The van der Waals surface area contributed by atoms with Crippen LogP contribution in [0.4, 0.5) is 0 Å². The lowest BCUT2D eigenvalue weighted by Crippen LogP contribution is -2.40. The second kappa shape index (κ2) is 10.5. The van der Waals surface area contributed by atoms with Crippen molar-refractivity contribution >= 4 is 5.91 Å². The molecule has 2 heterocycles. The Hall–Kier alpha value is -3.39. The molecule has 1 aliphatic heterocycles. The lowest BCUT2D eigenvalue weighted by atomic mass is 9.95. The molecule has 1 N–H and O–H groups in total. The minimum atomic E-state index is -0.0452. The van der Waals surface area contributed by atoms with Crippen LogP contribution in [0.3, 0.4) is 0 Å². The molecule has 8 nitrogen and oxygen atoms in total. The molecule has 33 heavy (non-hydrogen) atoms. The number of amides is 1. The van der Waals surface area contributed by atoms with Crippen molar-refractivity contribution in [3.63, 3.8) is 0 Å². The van der Waals surface area contributed by atoms with Crippen LogP contribution < -0.4 is 14.8 Å². The molecule has 0 spiro atoms. The molecule has 1 aromatic heterocycles. The fourth-order valence-electron chi connectivity index (χ4n) is 4.03. The number of carbonyl (C=O) groups excluding carboxylic acids is 1. The van der Waals surface area contributed by atoms with Crippen molar-refractivity contribution in [1.29, 1.82) is 0 Å². The highest BCUT2D eigenvalue weighted by molar-refractivity contribution is 5.79. The van der Waals surface area contributed by atoms with Gasteiger partial charge in [0.1, 0.15) is 11.5 Å². The zero-order chi connectivity index (χ0) is 23.2. The van der Waals surface area contributed by atoms with Crippen LogP contribution in [-0.2, 0) is 11.3 Å². The van der Waals surface area contributed by atoms with Crippen LogP contribution in [0.1, 0.15) is 37.3 Å². The SMILES string of the molecule is COc1ccc(-c2noc(CN3CCC(C(=O)NC(C)c4ccc(OC)cc4)CC3)n2)cc1. The highest BCUT2D eigenvalue weighted by Gasteiger charge is 2.27. The molecule has 0 radical (unpaired) electrons. The Morgan fingerprint density at radius 1 is 1.06 bits per heavy atom. The van der Waals surface area contributed by atoms with Crippen LogP contribution in [0.2, 0.25) is 0 Å². The molecule has 4 rings (SSSR count). The highest BCUT2D eigenvalue weighted by atomic mass is 16.5. The maximum atomic E-state index is 12.8. The van der Waals surface area contributed by atoms with Gasteiger partial charge >= 0.3 is 0 Å². The van der Waals surface area contributed by atoms with Gasteiger partial charge in [0, 0.05) is 11.5 Å². The third-order valence-electron chi connectivity index (χ3n) is 6.11. The Labute approximate surface area is 193 Å². The number of methoxy groups -OCH3 is 2. The number of likely N-dealkylation sites (tertiary alicyclic amines) is 1. The predicted octanol–water partition coefficient (Wildman–Crippen LogP) is 3.84. The van der Waals surface area contributed by atoms with E-state index in [1.165, 1.54) is 0 Å². The van der Waals surface area contributed by atoms with E-state index in [4.69, 9.17) is 14.0 Å². The Bertz CT molecular complexity index is 1040. The number of carbonyl (C=O) groups is 1. The zero-order valence-corrected chi connectivity index (χ0v) is 19.3. The number of nitrogens with one attached hydrogen (secondary N) is 1. The van der Waals surface area contributed by atoms with Gasteiger partial charge in [-0.1, -0.05) is 17.3 Å². The Morgan fingerprint density at radius 2 is 1.67 bits per heavy atom. The van der Waals surface area contributed by atoms with Crippen molar-refractivity contribution in [2.45, 2.75) is 32.4 Å². The summed E-state index contributed by atoms with van der Waals surface area (Å²) in [5.74, 6) is 2.86. The second-order valence-electron chi connectivity index (χ2n) is 8.29. The van der Waals surface area contributed by atoms with E-state index >= 15 is 0 Å². The second-order valence-corrected chi connectivity index (χ2v) is 8.29. The first-order valence-electron chi connectivity index (χ1n) is 11.2. The maximum Gasteiger partial charge on any atom is 0.241 e. The molecule has 1 atom stereocenters. The first-order valence-corrected chi connectivity index (χ1v) is 11.2. The molecule has 0 aliphatic carbocycles. The van der Waals surface area contributed by atoms with E-state index in [0.717, 1.165) is 48.6 Å². The van der Waals surface area contributed by atoms with Gasteiger partial charge in [-0.15, -0.1) is 0 Å². The molecule has 8 heteroatoms. The number of hydrogen-bond donors (Lipinski definition) is 1.